The molecule has 0 aliphatic carbocycles. The van der Waals surface area contributed by atoms with Gasteiger partial charge in [0.25, 0.3) is 5.91 Å². The number of halogens is 1. The lowest BCUT2D eigenvalue weighted by Crippen LogP contribution is -2.43. The summed E-state index contributed by atoms with van der Waals surface area (Å²) in [6.07, 6.45) is 0.435. The van der Waals surface area contributed by atoms with Crippen molar-refractivity contribution in [3.63, 3.8) is 0 Å². The molecule has 1 amide bonds. The molecule has 3 rings (SSSR count). The van der Waals surface area contributed by atoms with Crippen LogP contribution in [-0.4, -0.2) is 50.5 Å². The number of ether oxygens (including phenoxy) is 2. The van der Waals surface area contributed by atoms with Gasteiger partial charge in [-0.1, -0.05) is 23.7 Å². The van der Waals surface area contributed by atoms with Crippen LogP contribution >= 0.6 is 11.6 Å². The van der Waals surface area contributed by atoms with Crippen LogP contribution in [0.5, 0.6) is 11.5 Å². The van der Waals surface area contributed by atoms with E-state index in [-0.39, 0.29) is 30.1 Å². The minimum Gasteiger partial charge on any atom is -0.497 e. The lowest BCUT2D eigenvalue weighted by atomic mass is 10.1. The zero-order valence-corrected chi connectivity index (χ0v) is 18.0. The van der Waals surface area contributed by atoms with Gasteiger partial charge in [0, 0.05) is 17.6 Å². The molecule has 1 heterocycles. The number of rotatable bonds is 7. The minimum absolute atomic E-state index is 0.0190. The zero-order valence-electron chi connectivity index (χ0n) is 16.4. The van der Waals surface area contributed by atoms with Gasteiger partial charge < -0.3 is 14.4 Å². The molecule has 1 saturated heterocycles. The van der Waals surface area contributed by atoms with E-state index in [0.29, 0.717) is 23.7 Å². The fraction of sp³-hybridized carbons (Fsp3) is 0.381. The Bertz CT molecular complexity index is 975. The van der Waals surface area contributed by atoms with Crippen molar-refractivity contribution < 1.29 is 22.7 Å². The van der Waals surface area contributed by atoms with E-state index in [9.17, 15) is 13.2 Å². The fourth-order valence-corrected chi connectivity index (χ4v) is 5.32. The van der Waals surface area contributed by atoms with Crippen LogP contribution < -0.4 is 9.47 Å². The SMILES string of the molecule is COc1ccc(CN(C(=O)COc2ccc(Cl)cc2C)C2CCS(=O)(=O)C2)cc1. The molecule has 1 aliphatic heterocycles. The predicted octanol–water partition coefficient (Wildman–Crippen LogP) is 3.25. The van der Waals surface area contributed by atoms with E-state index in [4.69, 9.17) is 21.1 Å². The Morgan fingerprint density at radius 3 is 2.52 bits per heavy atom. The molecule has 0 saturated carbocycles. The summed E-state index contributed by atoms with van der Waals surface area (Å²) < 4.78 is 34.8. The van der Waals surface area contributed by atoms with Gasteiger partial charge in [-0.05, 0) is 54.8 Å². The number of sulfone groups is 1. The third-order valence-electron chi connectivity index (χ3n) is 4.97. The van der Waals surface area contributed by atoms with Gasteiger partial charge >= 0.3 is 0 Å². The van der Waals surface area contributed by atoms with E-state index in [0.717, 1.165) is 16.9 Å². The second kappa shape index (κ2) is 9.05. The minimum atomic E-state index is -3.12. The van der Waals surface area contributed by atoms with Crippen LogP contribution in [0.3, 0.4) is 0 Å². The van der Waals surface area contributed by atoms with Gasteiger partial charge in [0.15, 0.2) is 16.4 Å². The summed E-state index contributed by atoms with van der Waals surface area (Å²) in [7, 11) is -1.54. The van der Waals surface area contributed by atoms with E-state index in [2.05, 4.69) is 0 Å². The van der Waals surface area contributed by atoms with Crippen molar-refractivity contribution in [1.29, 1.82) is 0 Å². The number of aryl methyl sites for hydroxylation is 1. The van der Waals surface area contributed by atoms with Gasteiger partial charge in [-0.25, -0.2) is 8.42 Å². The van der Waals surface area contributed by atoms with Crippen LogP contribution in [-0.2, 0) is 21.2 Å². The molecule has 0 N–H and O–H groups in total. The van der Waals surface area contributed by atoms with Crippen LogP contribution in [0.1, 0.15) is 17.5 Å². The van der Waals surface area contributed by atoms with Crippen LogP contribution in [0.15, 0.2) is 42.5 Å². The Hall–Kier alpha value is -2.25. The summed E-state index contributed by atoms with van der Waals surface area (Å²) in [5, 5.41) is 0.596. The highest BCUT2D eigenvalue weighted by Gasteiger charge is 2.34. The topological polar surface area (TPSA) is 72.9 Å². The molecule has 0 spiro atoms. The monoisotopic (exact) mass is 437 g/mol. The first-order chi connectivity index (χ1) is 13.8. The maximum Gasteiger partial charge on any atom is 0.261 e. The summed E-state index contributed by atoms with van der Waals surface area (Å²) in [5.41, 5.74) is 1.72. The van der Waals surface area contributed by atoms with E-state index < -0.39 is 9.84 Å². The first-order valence-electron chi connectivity index (χ1n) is 9.29. The largest absolute Gasteiger partial charge is 0.497 e. The molecule has 0 aromatic heterocycles. The lowest BCUT2D eigenvalue weighted by Gasteiger charge is -2.28. The number of nitrogens with zero attached hydrogens (tertiary/aromatic N) is 1. The number of methoxy groups -OCH3 is 1. The Morgan fingerprint density at radius 1 is 1.21 bits per heavy atom. The summed E-state index contributed by atoms with van der Waals surface area (Å²) >= 11 is 5.96. The fourth-order valence-electron chi connectivity index (χ4n) is 3.37. The Kier molecular flexibility index (Phi) is 6.70. The smallest absolute Gasteiger partial charge is 0.261 e. The normalized spacial score (nSPS) is 17.7. The van der Waals surface area contributed by atoms with Crippen LogP contribution in [0.25, 0.3) is 0 Å². The Labute approximate surface area is 176 Å². The predicted molar refractivity (Wildman–Crippen MR) is 112 cm³/mol. The van der Waals surface area contributed by atoms with Crippen molar-refractivity contribution in [3.05, 3.63) is 58.6 Å². The summed E-state index contributed by atoms with van der Waals surface area (Å²) in [5.74, 6) is 1.12. The number of hydrogen-bond donors (Lipinski definition) is 0. The second-order valence-corrected chi connectivity index (χ2v) is 9.79. The molecule has 8 heteroatoms. The second-order valence-electron chi connectivity index (χ2n) is 7.13. The number of benzene rings is 2. The van der Waals surface area contributed by atoms with Gasteiger partial charge in [0.1, 0.15) is 11.5 Å². The molecule has 29 heavy (non-hydrogen) atoms. The number of carbonyl (C=O) groups excluding carboxylic acids is 1. The highest BCUT2D eigenvalue weighted by atomic mass is 35.5. The highest BCUT2D eigenvalue weighted by Crippen LogP contribution is 2.24. The number of amides is 1. The molecule has 1 atom stereocenters. The van der Waals surface area contributed by atoms with Crippen molar-refractivity contribution in [2.24, 2.45) is 0 Å². The average molecular weight is 438 g/mol. The third kappa shape index (κ3) is 5.64. The van der Waals surface area contributed by atoms with Crippen molar-refractivity contribution in [2.75, 3.05) is 25.2 Å². The van der Waals surface area contributed by atoms with E-state index in [1.165, 1.54) is 0 Å². The first-order valence-corrected chi connectivity index (χ1v) is 11.5. The highest BCUT2D eigenvalue weighted by molar-refractivity contribution is 7.91. The molecule has 6 nitrogen and oxygen atoms in total. The number of carbonyl (C=O) groups is 1. The maximum atomic E-state index is 13.0. The third-order valence-corrected chi connectivity index (χ3v) is 6.96. The standard InChI is InChI=1S/C21H24ClNO5S/c1-15-11-17(22)5-8-20(15)28-13-21(24)23(18-9-10-29(25,26)14-18)12-16-3-6-19(27-2)7-4-16/h3-8,11,18H,9-10,12-14H2,1-2H3. The molecule has 1 aliphatic rings. The maximum absolute atomic E-state index is 13.0. The van der Waals surface area contributed by atoms with Crippen LogP contribution in [0, 0.1) is 6.92 Å². The molecule has 0 bridgehead atoms. The summed E-state index contributed by atoms with van der Waals surface area (Å²) in [6, 6.07) is 12.2. The van der Waals surface area contributed by atoms with Gasteiger partial charge in [-0.15, -0.1) is 0 Å². The molecular weight excluding hydrogens is 414 g/mol. The molecule has 0 radical (unpaired) electrons. The summed E-state index contributed by atoms with van der Waals surface area (Å²) in [4.78, 5) is 14.6. The lowest BCUT2D eigenvalue weighted by molar-refractivity contribution is -0.136. The van der Waals surface area contributed by atoms with E-state index >= 15 is 0 Å². The quantitative estimate of drug-likeness (QED) is 0.664. The van der Waals surface area contributed by atoms with E-state index in [1.807, 2.05) is 31.2 Å². The van der Waals surface area contributed by atoms with Crippen molar-refractivity contribution in [2.45, 2.75) is 25.9 Å². The summed E-state index contributed by atoms with van der Waals surface area (Å²) in [6.45, 7) is 1.99. The van der Waals surface area contributed by atoms with Gasteiger partial charge in [-0.2, -0.15) is 0 Å². The molecular formula is C21H24ClNO5S. The average Bonchev–Trinajstić information content (AvgIpc) is 3.05. The van der Waals surface area contributed by atoms with Gasteiger partial charge in [0.05, 0.1) is 18.6 Å². The Balaban J connectivity index is 1.75. The number of hydrogen-bond acceptors (Lipinski definition) is 5. The molecule has 2 aromatic rings. The van der Waals surface area contributed by atoms with Crippen molar-refractivity contribution in [3.8, 4) is 11.5 Å². The van der Waals surface area contributed by atoms with Gasteiger partial charge in [-0.3, -0.25) is 4.79 Å². The molecule has 1 fully saturated rings. The molecule has 2 aromatic carbocycles. The Morgan fingerprint density at radius 2 is 1.93 bits per heavy atom. The van der Waals surface area contributed by atoms with E-state index in [1.54, 1.807) is 30.2 Å². The molecule has 156 valence electrons. The zero-order chi connectivity index (χ0) is 21.0. The van der Waals surface area contributed by atoms with Crippen LogP contribution in [0.2, 0.25) is 5.02 Å². The molecule has 1 unspecified atom stereocenters. The van der Waals surface area contributed by atoms with Gasteiger partial charge in [0.2, 0.25) is 0 Å². The van der Waals surface area contributed by atoms with Crippen LogP contribution in [0.4, 0.5) is 0 Å². The van der Waals surface area contributed by atoms with Crippen molar-refractivity contribution >= 4 is 27.3 Å². The first kappa shape index (κ1) is 21.5. The van der Waals surface area contributed by atoms with Crippen molar-refractivity contribution in [1.82, 2.24) is 4.90 Å².